The molecule has 144 valence electrons. The van der Waals surface area contributed by atoms with E-state index >= 15 is 0 Å². The van der Waals surface area contributed by atoms with Crippen LogP contribution in [0.3, 0.4) is 0 Å². The molecule has 1 aromatic heterocycles. The minimum atomic E-state index is -0.333. The lowest BCUT2D eigenvalue weighted by atomic mass is 9.93. The number of thiazole rings is 1. The van der Waals surface area contributed by atoms with Crippen molar-refractivity contribution in [1.29, 1.82) is 0 Å². The van der Waals surface area contributed by atoms with E-state index in [-0.39, 0.29) is 30.3 Å². The number of ether oxygens (including phenoxy) is 1. The van der Waals surface area contributed by atoms with Crippen molar-refractivity contribution in [3.8, 4) is 0 Å². The van der Waals surface area contributed by atoms with Crippen molar-refractivity contribution in [3.63, 3.8) is 0 Å². The zero-order valence-corrected chi connectivity index (χ0v) is 17.1. The third-order valence-electron chi connectivity index (χ3n) is 4.98. The number of anilines is 1. The fourth-order valence-electron chi connectivity index (χ4n) is 3.66. The highest BCUT2D eigenvalue weighted by molar-refractivity contribution is 7.14. The summed E-state index contributed by atoms with van der Waals surface area (Å²) in [5.74, 6) is -0.0225. The Morgan fingerprint density at radius 2 is 2.04 bits per heavy atom. The average Bonchev–Trinajstić information content (AvgIpc) is 3.32. The maximum atomic E-state index is 12.8. The van der Waals surface area contributed by atoms with Gasteiger partial charge in [-0.3, -0.25) is 14.5 Å². The first-order valence-electron chi connectivity index (χ1n) is 9.12. The Labute approximate surface area is 168 Å². The second kappa shape index (κ2) is 8.85. The molecule has 0 saturated heterocycles. The van der Waals surface area contributed by atoms with Crippen LogP contribution in [-0.2, 0) is 20.7 Å². The molecule has 7 heteroatoms. The Morgan fingerprint density at radius 3 is 2.70 bits per heavy atom. The van der Waals surface area contributed by atoms with Crippen LogP contribution in [-0.4, -0.2) is 30.0 Å². The molecule has 0 radical (unpaired) electrons. The number of aromatic nitrogens is 1. The van der Waals surface area contributed by atoms with E-state index in [0.29, 0.717) is 22.3 Å². The van der Waals surface area contributed by atoms with Crippen molar-refractivity contribution < 1.29 is 14.3 Å². The van der Waals surface area contributed by atoms with E-state index in [1.165, 1.54) is 24.0 Å². The first kappa shape index (κ1) is 19.8. The van der Waals surface area contributed by atoms with Gasteiger partial charge >= 0.3 is 5.97 Å². The fourth-order valence-corrected chi connectivity index (χ4v) is 4.68. The molecule has 2 atom stereocenters. The largest absolute Gasteiger partial charge is 0.469 e. The number of nitrogens with zero attached hydrogens (tertiary/aromatic N) is 2. The minimum Gasteiger partial charge on any atom is -0.469 e. The van der Waals surface area contributed by atoms with E-state index in [1.807, 2.05) is 41.5 Å². The van der Waals surface area contributed by atoms with Gasteiger partial charge in [-0.2, -0.15) is 0 Å². The highest BCUT2D eigenvalue weighted by atomic mass is 35.5. The van der Waals surface area contributed by atoms with E-state index in [1.54, 1.807) is 0 Å². The normalized spacial score (nSPS) is 19.1. The van der Waals surface area contributed by atoms with E-state index in [4.69, 9.17) is 16.3 Å². The first-order valence-corrected chi connectivity index (χ1v) is 10.4. The van der Waals surface area contributed by atoms with Gasteiger partial charge in [-0.15, -0.1) is 11.3 Å². The molecular formula is C20H23ClN2O3S. The number of carbonyl (C=O) groups excluding carboxylic acids is 2. The van der Waals surface area contributed by atoms with Gasteiger partial charge in [-0.05, 0) is 30.5 Å². The first-order chi connectivity index (χ1) is 13.0. The summed E-state index contributed by atoms with van der Waals surface area (Å²) in [6, 6.07) is 7.96. The second-order valence-electron chi connectivity index (χ2n) is 6.65. The molecule has 1 heterocycles. The van der Waals surface area contributed by atoms with Gasteiger partial charge < -0.3 is 4.74 Å². The number of amides is 1. The molecule has 0 bridgehead atoms. The third kappa shape index (κ3) is 4.50. The predicted octanol–water partition coefficient (Wildman–Crippen LogP) is 4.59. The molecule has 27 heavy (non-hydrogen) atoms. The predicted molar refractivity (Wildman–Crippen MR) is 107 cm³/mol. The number of methoxy groups -OCH3 is 1. The number of rotatable bonds is 6. The summed E-state index contributed by atoms with van der Waals surface area (Å²) in [6.45, 7) is 1.87. The van der Waals surface area contributed by atoms with Crippen molar-refractivity contribution in [3.05, 3.63) is 45.9 Å². The molecule has 0 N–H and O–H groups in total. The second-order valence-corrected chi connectivity index (χ2v) is 7.92. The molecule has 1 fully saturated rings. The number of carbonyl (C=O) groups is 2. The zero-order valence-electron chi connectivity index (χ0n) is 15.5. The molecule has 1 saturated carbocycles. The maximum absolute atomic E-state index is 12.8. The zero-order chi connectivity index (χ0) is 19.4. The van der Waals surface area contributed by atoms with Gasteiger partial charge in [0.1, 0.15) is 0 Å². The lowest BCUT2D eigenvalue weighted by molar-refractivity contribution is -0.139. The number of esters is 1. The van der Waals surface area contributed by atoms with Gasteiger partial charge in [0.25, 0.3) is 0 Å². The Hall–Kier alpha value is -1.92. The number of hydrogen-bond acceptors (Lipinski definition) is 5. The van der Waals surface area contributed by atoms with E-state index in [0.717, 1.165) is 19.3 Å². The van der Waals surface area contributed by atoms with Crippen LogP contribution in [0.5, 0.6) is 0 Å². The highest BCUT2D eigenvalue weighted by Crippen LogP contribution is 2.41. The van der Waals surface area contributed by atoms with Crippen molar-refractivity contribution in [2.45, 2.75) is 51.0 Å². The van der Waals surface area contributed by atoms with Crippen LogP contribution in [0.2, 0.25) is 5.02 Å². The van der Waals surface area contributed by atoms with Crippen LogP contribution in [0.25, 0.3) is 0 Å². The smallest absolute Gasteiger partial charge is 0.311 e. The molecule has 0 spiro atoms. The Balaban J connectivity index is 1.89. The van der Waals surface area contributed by atoms with Crippen molar-refractivity contribution >= 4 is 39.9 Å². The number of hydrogen-bond donors (Lipinski definition) is 0. The fraction of sp³-hybridized carbons (Fsp3) is 0.450. The maximum Gasteiger partial charge on any atom is 0.311 e. The average molecular weight is 407 g/mol. The molecule has 1 aromatic carbocycles. The summed E-state index contributed by atoms with van der Waals surface area (Å²) in [6.07, 6.45) is 3.55. The van der Waals surface area contributed by atoms with Gasteiger partial charge in [0, 0.05) is 28.8 Å². The quantitative estimate of drug-likeness (QED) is 0.658. The van der Waals surface area contributed by atoms with Gasteiger partial charge in [-0.1, -0.05) is 37.1 Å². The van der Waals surface area contributed by atoms with Gasteiger partial charge in [0.05, 0.1) is 19.2 Å². The third-order valence-corrected chi connectivity index (χ3v) is 6.12. The van der Waals surface area contributed by atoms with Gasteiger partial charge in [0.15, 0.2) is 5.13 Å². The van der Waals surface area contributed by atoms with E-state index < -0.39 is 0 Å². The standard InChI is InChI=1S/C20H23ClN2O3S/c1-3-18(24)23(20-22-15(12-27-20)11-19(25)26-2)17-6-4-5-16(17)13-7-9-14(21)10-8-13/h7-10,12,16-17H,3-6,11H2,1-2H3. The lowest BCUT2D eigenvalue weighted by Gasteiger charge is -2.31. The van der Waals surface area contributed by atoms with Crippen LogP contribution in [0.15, 0.2) is 29.6 Å². The molecule has 5 nitrogen and oxygen atoms in total. The van der Waals surface area contributed by atoms with Crippen molar-refractivity contribution in [1.82, 2.24) is 4.98 Å². The summed E-state index contributed by atoms with van der Waals surface area (Å²) in [4.78, 5) is 30.7. The minimum absolute atomic E-state index is 0.0554. The topological polar surface area (TPSA) is 59.5 Å². The number of halogens is 1. The van der Waals surface area contributed by atoms with Gasteiger partial charge in [-0.25, -0.2) is 4.98 Å². The van der Waals surface area contributed by atoms with Gasteiger partial charge in [0.2, 0.25) is 5.91 Å². The Bertz CT molecular complexity index is 806. The van der Waals surface area contributed by atoms with E-state index in [2.05, 4.69) is 4.98 Å². The van der Waals surface area contributed by atoms with Crippen LogP contribution in [0.1, 0.15) is 49.8 Å². The molecule has 1 amide bonds. The van der Waals surface area contributed by atoms with E-state index in [9.17, 15) is 9.59 Å². The molecule has 2 unspecified atom stereocenters. The monoisotopic (exact) mass is 406 g/mol. The highest BCUT2D eigenvalue weighted by Gasteiger charge is 2.37. The number of benzene rings is 1. The Kier molecular flexibility index (Phi) is 6.50. The molecule has 2 aromatic rings. The SMILES string of the molecule is CCC(=O)N(c1nc(CC(=O)OC)cs1)C1CCCC1c1ccc(Cl)cc1. The summed E-state index contributed by atoms with van der Waals surface area (Å²) < 4.78 is 4.71. The summed E-state index contributed by atoms with van der Waals surface area (Å²) in [5, 5.41) is 3.20. The molecule has 0 aliphatic heterocycles. The molecule has 1 aliphatic carbocycles. The van der Waals surface area contributed by atoms with Crippen molar-refractivity contribution in [2.75, 3.05) is 12.0 Å². The van der Waals surface area contributed by atoms with Crippen LogP contribution < -0.4 is 4.90 Å². The summed E-state index contributed by atoms with van der Waals surface area (Å²) >= 11 is 7.44. The van der Waals surface area contributed by atoms with Crippen LogP contribution in [0.4, 0.5) is 5.13 Å². The van der Waals surface area contributed by atoms with Crippen LogP contribution >= 0.6 is 22.9 Å². The lowest BCUT2D eigenvalue weighted by Crippen LogP contribution is -2.41. The van der Waals surface area contributed by atoms with Crippen molar-refractivity contribution in [2.24, 2.45) is 0 Å². The molecule has 3 rings (SSSR count). The summed E-state index contributed by atoms with van der Waals surface area (Å²) in [7, 11) is 1.36. The molecular weight excluding hydrogens is 384 g/mol. The van der Waals surface area contributed by atoms with Crippen LogP contribution in [0, 0.1) is 0 Å². The molecule has 1 aliphatic rings. The summed E-state index contributed by atoms with van der Waals surface area (Å²) in [5.41, 5.74) is 1.83. The Morgan fingerprint density at radius 1 is 1.30 bits per heavy atom.